The van der Waals surface area contributed by atoms with E-state index in [0.717, 1.165) is 11.1 Å². The molecule has 1 aromatic rings. The molecule has 1 rings (SSSR count). The van der Waals surface area contributed by atoms with Crippen molar-refractivity contribution in [3.8, 4) is 0 Å². The van der Waals surface area contributed by atoms with Gasteiger partial charge in [-0.2, -0.15) is 0 Å². The Morgan fingerprint density at radius 1 is 1.18 bits per heavy atom. The van der Waals surface area contributed by atoms with Crippen molar-refractivity contribution in [3.05, 3.63) is 34.9 Å². The fraction of sp³-hybridized carbons (Fsp3) is 0.385. The molecular formula is C13H17NO3. The zero-order valence-corrected chi connectivity index (χ0v) is 10.5. The van der Waals surface area contributed by atoms with Gasteiger partial charge in [-0.15, -0.1) is 0 Å². The van der Waals surface area contributed by atoms with Crippen LogP contribution in [0.2, 0.25) is 0 Å². The lowest BCUT2D eigenvalue weighted by Gasteiger charge is -2.12. The van der Waals surface area contributed by atoms with E-state index < -0.39 is 12.1 Å². The van der Waals surface area contributed by atoms with Gasteiger partial charge in [-0.1, -0.05) is 17.2 Å². The number of esters is 1. The summed E-state index contributed by atoms with van der Waals surface area (Å²) >= 11 is 0. The summed E-state index contributed by atoms with van der Waals surface area (Å²) < 4.78 is 5.05. The van der Waals surface area contributed by atoms with Crippen LogP contribution in [0.3, 0.4) is 0 Å². The molecule has 0 aliphatic heterocycles. The Hall–Kier alpha value is -1.84. The summed E-state index contributed by atoms with van der Waals surface area (Å²) in [7, 11) is 1.50. The molecule has 1 N–H and O–H groups in total. The van der Waals surface area contributed by atoms with Gasteiger partial charge in [-0.25, -0.2) is 4.79 Å². The normalized spacial score (nSPS) is 11.8. The highest BCUT2D eigenvalue weighted by atomic mass is 16.5. The van der Waals surface area contributed by atoms with Gasteiger partial charge >= 0.3 is 5.97 Å². The average molecular weight is 235 g/mol. The molecule has 0 aliphatic carbocycles. The average Bonchev–Trinajstić information content (AvgIpc) is 2.26. The number of nitrogens with one attached hydrogen (secondary N) is 1. The molecule has 4 nitrogen and oxygen atoms in total. The van der Waals surface area contributed by atoms with Gasteiger partial charge in [0.25, 0.3) is 5.91 Å². The highest BCUT2D eigenvalue weighted by Gasteiger charge is 2.17. The topological polar surface area (TPSA) is 55.4 Å². The van der Waals surface area contributed by atoms with E-state index in [0.29, 0.717) is 5.56 Å². The third-order valence-electron chi connectivity index (χ3n) is 2.36. The largest absolute Gasteiger partial charge is 0.449 e. The SMILES string of the molecule is CNC(=O)C(C)OC(=O)c1cc(C)cc(C)c1. The van der Waals surface area contributed by atoms with Crippen LogP contribution in [-0.2, 0) is 9.53 Å². The molecule has 1 aromatic carbocycles. The van der Waals surface area contributed by atoms with Crippen molar-refractivity contribution in [3.63, 3.8) is 0 Å². The Morgan fingerprint density at radius 3 is 2.18 bits per heavy atom. The molecule has 0 fully saturated rings. The Balaban J connectivity index is 2.79. The fourth-order valence-corrected chi connectivity index (χ4v) is 1.58. The molecule has 0 radical (unpaired) electrons. The van der Waals surface area contributed by atoms with Crippen LogP contribution in [-0.4, -0.2) is 25.0 Å². The first-order valence-electron chi connectivity index (χ1n) is 5.45. The molecule has 1 amide bonds. The molecule has 17 heavy (non-hydrogen) atoms. The van der Waals surface area contributed by atoms with Crippen molar-refractivity contribution in [2.45, 2.75) is 26.9 Å². The van der Waals surface area contributed by atoms with E-state index in [1.807, 2.05) is 19.9 Å². The maximum atomic E-state index is 11.8. The van der Waals surface area contributed by atoms with Gasteiger partial charge in [0, 0.05) is 7.05 Å². The van der Waals surface area contributed by atoms with Crippen LogP contribution in [0.25, 0.3) is 0 Å². The monoisotopic (exact) mass is 235 g/mol. The minimum atomic E-state index is -0.784. The van der Waals surface area contributed by atoms with Gasteiger partial charge in [0.15, 0.2) is 6.10 Å². The Morgan fingerprint density at radius 2 is 1.71 bits per heavy atom. The van der Waals surface area contributed by atoms with Gasteiger partial charge in [0.05, 0.1) is 5.56 Å². The highest BCUT2D eigenvalue weighted by molar-refractivity contribution is 5.92. The maximum Gasteiger partial charge on any atom is 0.338 e. The molecule has 0 saturated heterocycles. The van der Waals surface area contributed by atoms with E-state index in [1.54, 1.807) is 19.1 Å². The van der Waals surface area contributed by atoms with E-state index in [-0.39, 0.29) is 5.91 Å². The molecule has 0 aromatic heterocycles. The molecule has 0 saturated carbocycles. The molecule has 0 bridgehead atoms. The number of amides is 1. The van der Waals surface area contributed by atoms with Crippen LogP contribution < -0.4 is 5.32 Å². The fourth-order valence-electron chi connectivity index (χ4n) is 1.58. The van der Waals surface area contributed by atoms with Crippen LogP contribution in [0.4, 0.5) is 0 Å². The summed E-state index contributed by atoms with van der Waals surface area (Å²) in [5, 5.41) is 2.43. The van der Waals surface area contributed by atoms with Crippen LogP contribution in [0.15, 0.2) is 18.2 Å². The summed E-state index contributed by atoms with van der Waals surface area (Å²) in [6.07, 6.45) is -0.784. The molecule has 0 heterocycles. The highest BCUT2D eigenvalue weighted by Crippen LogP contribution is 2.11. The maximum absolute atomic E-state index is 11.8. The van der Waals surface area contributed by atoms with E-state index in [2.05, 4.69) is 5.32 Å². The van der Waals surface area contributed by atoms with Gasteiger partial charge < -0.3 is 10.1 Å². The second-order valence-electron chi connectivity index (χ2n) is 4.04. The van der Waals surface area contributed by atoms with Crippen molar-refractivity contribution >= 4 is 11.9 Å². The molecular weight excluding hydrogens is 218 g/mol. The number of carbonyl (C=O) groups is 2. The van der Waals surface area contributed by atoms with Crippen molar-refractivity contribution in [2.24, 2.45) is 0 Å². The van der Waals surface area contributed by atoms with Crippen LogP contribution in [0.1, 0.15) is 28.4 Å². The zero-order chi connectivity index (χ0) is 13.0. The lowest BCUT2D eigenvalue weighted by molar-refractivity contribution is -0.128. The van der Waals surface area contributed by atoms with E-state index in [9.17, 15) is 9.59 Å². The van der Waals surface area contributed by atoms with Crippen LogP contribution >= 0.6 is 0 Å². The predicted molar refractivity (Wildman–Crippen MR) is 64.9 cm³/mol. The van der Waals surface area contributed by atoms with Crippen molar-refractivity contribution in [1.82, 2.24) is 5.32 Å². The number of ether oxygens (including phenoxy) is 1. The summed E-state index contributed by atoms with van der Waals surface area (Å²) in [6.45, 7) is 5.36. The summed E-state index contributed by atoms with van der Waals surface area (Å²) in [4.78, 5) is 23.0. The standard InChI is InChI=1S/C13H17NO3/c1-8-5-9(2)7-11(6-8)13(16)17-10(3)12(15)14-4/h5-7,10H,1-4H3,(H,14,15). The first-order chi connectivity index (χ1) is 7.93. The first-order valence-corrected chi connectivity index (χ1v) is 5.45. The lowest BCUT2D eigenvalue weighted by Crippen LogP contribution is -2.33. The summed E-state index contributed by atoms with van der Waals surface area (Å²) in [5.74, 6) is -0.796. The van der Waals surface area contributed by atoms with Crippen molar-refractivity contribution in [2.75, 3.05) is 7.05 Å². The van der Waals surface area contributed by atoms with E-state index in [4.69, 9.17) is 4.74 Å². The molecule has 92 valence electrons. The summed E-state index contributed by atoms with van der Waals surface area (Å²) in [6, 6.07) is 5.46. The molecule has 0 spiro atoms. The Labute approximate surface area is 101 Å². The minimum absolute atomic E-state index is 0.317. The molecule has 1 unspecified atom stereocenters. The summed E-state index contributed by atoms with van der Waals surface area (Å²) in [5.41, 5.74) is 2.45. The van der Waals surface area contributed by atoms with Gasteiger partial charge in [-0.05, 0) is 32.9 Å². The second kappa shape index (κ2) is 5.48. The number of hydrogen-bond acceptors (Lipinski definition) is 3. The number of likely N-dealkylation sites (N-methyl/N-ethyl adjacent to an activating group) is 1. The molecule has 1 atom stereocenters. The van der Waals surface area contributed by atoms with Crippen molar-refractivity contribution < 1.29 is 14.3 Å². The Kier molecular flexibility index (Phi) is 4.26. The molecule has 0 aliphatic rings. The van der Waals surface area contributed by atoms with E-state index in [1.165, 1.54) is 7.05 Å². The zero-order valence-electron chi connectivity index (χ0n) is 10.5. The van der Waals surface area contributed by atoms with Gasteiger partial charge in [0.2, 0.25) is 0 Å². The number of aryl methyl sites for hydroxylation is 2. The minimum Gasteiger partial charge on any atom is -0.449 e. The molecule has 4 heteroatoms. The van der Waals surface area contributed by atoms with Gasteiger partial charge in [0.1, 0.15) is 0 Å². The smallest absolute Gasteiger partial charge is 0.338 e. The number of benzene rings is 1. The number of rotatable bonds is 3. The number of hydrogen-bond donors (Lipinski definition) is 1. The Bertz CT molecular complexity index is 420. The van der Waals surface area contributed by atoms with Gasteiger partial charge in [-0.3, -0.25) is 4.79 Å². The second-order valence-corrected chi connectivity index (χ2v) is 4.04. The third kappa shape index (κ3) is 3.59. The van der Waals surface area contributed by atoms with Crippen LogP contribution in [0.5, 0.6) is 0 Å². The van der Waals surface area contributed by atoms with E-state index >= 15 is 0 Å². The quantitative estimate of drug-likeness (QED) is 0.809. The lowest BCUT2D eigenvalue weighted by atomic mass is 10.1. The number of carbonyl (C=O) groups excluding carboxylic acids is 2. The predicted octanol–water partition coefficient (Wildman–Crippen LogP) is 1.59. The van der Waals surface area contributed by atoms with Crippen molar-refractivity contribution in [1.29, 1.82) is 0 Å². The third-order valence-corrected chi connectivity index (χ3v) is 2.36. The van der Waals surface area contributed by atoms with Crippen LogP contribution in [0, 0.1) is 13.8 Å². The first kappa shape index (κ1) is 13.2.